The highest BCUT2D eigenvalue weighted by molar-refractivity contribution is 9.06. The Kier molecular flexibility index (Phi) is 2.96. The SMILES string of the molecule is Fc1ccc(COBr)c(F)c1. The maximum Gasteiger partial charge on any atom is 0.131 e. The molecule has 0 spiro atoms. The zero-order valence-electron chi connectivity index (χ0n) is 5.48. The summed E-state index contributed by atoms with van der Waals surface area (Å²) in [6, 6.07) is 3.34. The monoisotopic (exact) mass is 222 g/mol. The van der Waals surface area contributed by atoms with Crippen molar-refractivity contribution in [3.05, 3.63) is 35.4 Å². The Bertz CT molecular complexity index is 252. The Morgan fingerprint density at radius 3 is 2.64 bits per heavy atom. The van der Waals surface area contributed by atoms with Gasteiger partial charge in [-0.15, -0.1) is 0 Å². The summed E-state index contributed by atoms with van der Waals surface area (Å²) < 4.78 is 29.5. The van der Waals surface area contributed by atoms with Gasteiger partial charge in [0.25, 0.3) is 0 Å². The number of halogens is 3. The topological polar surface area (TPSA) is 9.23 Å². The van der Waals surface area contributed by atoms with Crippen molar-refractivity contribution in [3.63, 3.8) is 0 Å². The molecule has 1 rings (SSSR count). The minimum Gasteiger partial charge on any atom is -0.303 e. The van der Waals surface area contributed by atoms with E-state index in [1.165, 1.54) is 12.1 Å². The smallest absolute Gasteiger partial charge is 0.131 e. The van der Waals surface area contributed by atoms with Gasteiger partial charge in [0.2, 0.25) is 0 Å². The summed E-state index contributed by atoms with van der Waals surface area (Å²) in [6.45, 7) is 0.0894. The summed E-state index contributed by atoms with van der Waals surface area (Å²) in [6.07, 6.45) is 0. The molecule has 0 bridgehead atoms. The summed E-state index contributed by atoms with van der Waals surface area (Å²) in [5.41, 5.74) is 0.322. The lowest BCUT2D eigenvalue weighted by molar-refractivity contribution is 0.375. The first-order valence-electron chi connectivity index (χ1n) is 2.91. The van der Waals surface area contributed by atoms with Crippen LogP contribution in [0, 0.1) is 11.6 Å². The number of hydrogen-bond acceptors (Lipinski definition) is 1. The van der Waals surface area contributed by atoms with E-state index < -0.39 is 11.6 Å². The lowest BCUT2D eigenvalue weighted by Gasteiger charge is -1.98. The molecule has 0 aliphatic heterocycles. The van der Waals surface area contributed by atoms with Crippen LogP contribution in [-0.2, 0) is 10.4 Å². The Morgan fingerprint density at radius 1 is 1.36 bits per heavy atom. The van der Waals surface area contributed by atoms with Gasteiger partial charge in [0, 0.05) is 11.6 Å². The number of hydrogen-bond donors (Lipinski definition) is 0. The van der Waals surface area contributed by atoms with Crippen molar-refractivity contribution >= 4 is 16.3 Å². The average Bonchev–Trinajstić information content (AvgIpc) is 1.95. The third kappa shape index (κ3) is 2.24. The predicted molar refractivity (Wildman–Crippen MR) is 40.1 cm³/mol. The van der Waals surface area contributed by atoms with E-state index in [0.717, 1.165) is 6.07 Å². The van der Waals surface area contributed by atoms with Crippen molar-refractivity contribution in [1.82, 2.24) is 0 Å². The van der Waals surface area contributed by atoms with Gasteiger partial charge in [0.15, 0.2) is 0 Å². The highest BCUT2D eigenvalue weighted by atomic mass is 79.9. The number of rotatable bonds is 2. The normalized spacial score (nSPS) is 10.1. The molecule has 11 heavy (non-hydrogen) atoms. The fourth-order valence-electron chi connectivity index (χ4n) is 0.698. The van der Waals surface area contributed by atoms with Crippen LogP contribution in [0.1, 0.15) is 5.56 Å². The second kappa shape index (κ2) is 3.78. The van der Waals surface area contributed by atoms with Crippen LogP contribution in [0.15, 0.2) is 18.2 Å². The zero-order valence-corrected chi connectivity index (χ0v) is 7.07. The van der Waals surface area contributed by atoms with Crippen molar-refractivity contribution in [2.75, 3.05) is 0 Å². The molecular weight excluding hydrogens is 218 g/mol. The summed E-state index contributed by atoms with van der Waals surface area (Å²) in [4.78, 5) is 0. The van der Waals surface area contributed by atoms with Gasteiger partial charge >= 0.3 is 0 Å². The second-order valence-electron chi connectivity index (χ2n) is 1.99. The molecule has 0 radical (unpaired) electrons. The van der Waals surface area contributed by atoms with E-state index in [1.54, 1.807) is 0 Å². The first-order chi connectivity index (χ1) is 5.24. The predicted octanol–water partition coefficient (Wildman–Crippen LogP) is 2.79. The summed E-state index contributed by atoms with van der Waals surface area (Å²) >= 11 is 2.68. The molecule has 0 aromatic heterocycles. The average molecular weight is 223 g/mol. The summed E-state index contributed by atoms with van der Waals surface area (Å²) in [7, 11) is 0. The number of benzene rings is 1. The minimum atomic E-state index is -0.593. The Hall–Kier alpha value is -0.480. The van der Waals surface area contributed by atoms with Gasteiger partial charge in [-0.25, -0.2) is 8.78 Å². The van der Waals surface area contributed by atoms with Crippen LogP contribution in [-0.4, -0.2) is 0 Å². The molecule has 0 fully saturated rings. The van der Waals surface area contributed by atoms with Crippen LogP contribution < -0.4 is 0 Å². The lowest BCUT2D eigenvalue weighted by atomic mass is 10.2. The maximum atomic E-state index is 12.7. The molecule has 0 aliphatic rings. The molecule has 0 saturated heterocycles. The molecule has 4 heteroatoms. The van der Waals surface area contributed by atoms with Crippen LogP contribution in [0.5, 0.6) is 0 Å². The van der Waals surface area contributed by atoms with Crippen LogP contribution in [0.4, 0.5) is 8.78 Å². The van der Waals surface area contributed by atoms with Gasteiger partial charge < -0.3 is 3.83 Å². The van der Waals surface area contributed by atoms with Gasteiger partial charge in [-0.3, -0.25) is 0 Å². The van der Waals surface area contributed by atoms with Gasteiger partial charge in [-0.05, 0) is 6.07 Å². The molecule has 0 heterocycles. The van der Waals surface area contributed by atoms with Crippen LogP contribution >= 0.6 is 16.3 Å². The Labute approximate surface area is 71.4 Å². The summed E-state index contributed by atoms with van der Waals surface area (Å²) in [5, 5.41) is 0. The van der Waals surface area contributed by atoms with E-state index in [9.17, 15) is 8.78 Å². The molecule has 1 nitrogen and oxygen atoms in total. The molecular formula is C7H5BrF2O. The first-order valence-corrected chi connectivity index (χ1v) is 3.56. The highest BCUT2D eigenvalue weighted by Gasteiger charge is 2.02. The second-order valence-corrected chi connectivity index (χ2v) is 2.45. The summed E-state index contributed by atoms with van der Waals surface area (Å²) in [5.74, 6) is -1.18. The fraction of sp³-hybridized carbons (Fsp3) is 0.143. The first kappa shape index (κ1) is 8.62. The molecule has 1 aromatic rings. The van der Waals surface area contributed by atoms with Gasteiger partial charge in [0.1, 0.15) is 11.6 Å². The van der Waals surface area contributed by atoms with Gasteiger partial charge in [-0.1, -0.05) is 6.07 Å². The Balaban J connectivity index is 2.90. The van der Waals surface area contributed by atoms with Crippen LogP contribution in [0.25, 0.3) is 0 Å². The quantitative estimate of drug-likeness (QED) is 0.748. The third-order valence-electron chi connectivity index (χ3n) is 1.23. The van der Waals surface area contributed by atoms with E-state index >= 15 is 0 Å². The van der Waals surface area contributed by atoms with Crippen LogP contribution in [0.2, 0.25) is 0 Å². The van der Waals surface area contributed by atoms with E-state index in [1.807, 2.05) is 0 Å². The molecule has 0 aliphatic carbocycles. The molecule has 0 atom stereocenters. The molecule has 0 saturated carbocycles. The van der Waals surface area contributed by atoms with Gasteiger partial charge in [0.05, 0.1) is 22.9 Å². The van der Waals surface area contributed by atoms with Gasteiger partial charge in [-0.2, -0.15) is 0 Å². The van der Waals surface area contributed by atoms with E-state index in [-0.39, 0.29) is 6.61 Å². The minimum absolute atomic E-state index is 0.0894. The maximum absolute atomic E-state index is 12.7. The fourth-order valence-corrected chi connectivity index (χ4v) is 0.944. The van der Waals surface area contributed by atoms with Crippen molar-refractivity contribution in [1.29, 1.82) is 0 Å². The third-order valence-corrected chi connectivity index (χ3v) is 1.45. The highest BCUT2D eigenvalue weighted by Crippen LogP contribution is 2.11. The molecule has 0 amide bonds. The lowest BCUT2D eigenvalue weighted by Crippen LogP contribution is -1.90. The molecule has 1 aromatic carbocycles. The van der Waals surface area contributed by atoms with Crippen molar-refractivity contribution in [3.8, 4) is 0 Å². The van der Waals surface area contributed by atoms with Crippen LogP contribution in [0.3, 0.4) is 0 Å². The van der Waals surface area contributed by atoms with E-state index in [0.29, 0.717) is 5.56 Å². The van der Waals surface area contributed by atoms with E-state index in [2.05, 4.69) is 20.1 Å². The van der Waals surface area contributed by atoms with Crippen molar-refractivity contribution in [2.24, 2.45) is 0 Å². The zero-order chi connectivity index (χ0) is 8.27. The molecule has 0 unspecified atom stereocenters. The van der Waals surface area contributed by atoms with E-state index in [4.69, 9.17) is 0 Å². The standard InChI is InChI=1S/C7H5BrF2O/c8-11-4-5-1-2-6(9)3-7(5)10/h1-3H,4H2. The largest absolute Gasteiger partial charge is 0.303 e. The molecule has 60 valence electrons. The van der Waals surface area contributed by atoms with Crippen molar-refractivity contribution < 1.29 is 12.6 Å². The molecule has 0 N–H and O–H groups in total. The van der Waals surface area contributed by atoms with Crippen molar-refractivity contribution in [2.45, 2.75) is 6.61 Å². The Morgan fingerprint density at radius 2 is 2.09 bits per heavy atom.